The van der Waals surface area contributed by atoms with Gasteiger partial charge < -0.3 is 4.55 Å². The van der Waals surface area contributed by atoms with Gasteiger partial charge >= 0.3 is 6.18 Å². The molecule has 1 N–H and O–H groups in total. The fourth-order valence-corrected chi connectivity index (χ4v) is 3.95. The Morgan fingerprint density at radius 1 is 1.07 bits per heavy atom. The first-order valence-electron chi connectivity index (χ1n) is 7.77. The lowest BCUT2D eigenvalue weighted by atomic mass is 10.1. The van der Waals surface area contributed by atoms with Gasteiger partial charge in [-0.2, -0.15) is 31.2 Å². The fourth-order valence-electron chi connectivity index (χ4n) is 2.40. The molecule has 0 saturated heterocycles. The standard InChI is InChI=1S/C17H14F3N3O3S2/c1-27(24)13-7-5-6-12(10-13)15-11-16(17(18,19)20)21-23(15)22-28(25,26)14-8-3-2-4-9-14/h2-11,22H,1H3. The first-order valence-corrected chi connectivity index (χ1v) is 10.8. The summed E-state index contributed by atoms with van der Waals surface area (Å²) >= 11 is -1.37. The number of hydrogen-bond donors (Lipinski definition) is 1. The second kappa shape index (κ2) is 7.49. The third-order valence-corrected chi connectivity index (χ3v) is 5.95. The summed E-state index contributed by atoms with van der Waals surface area (Å²) in [5, 5.41) is 3.37. The molecule has 11 heteroatoms. The summed E-state index contributed by atoms with van der Waals surface area (Å²) in [4.78, 5) is 2.85. The van der Waals surface area contributed by atoms with Crippen LogP contribution in [0.5, 0.6) is 0 Å². The molecule has 0 aliphatic heterocycles. The molecule has 0 fully saturated rings. The van der Waals surface area contributed by atoms with E-state index in [1.165, 1.54) is 48.7 Å². The molecule has 0 amide bonds. The second-order valence-electron chi connectivity index (χ2n) is 5.71. The zero-order valence-corrected chi connectivity index (χ0v) is 16.0. The van der Waals surface area contributed by atoms with Crippen molar-refractivity contribution in [2.75, 3.05) is 11.1 Å². The van der Waals surface area contributed by atoms with Gasteiger partial charge in [0.05, 0.1) is 10.6 Å². The second-order valence-corrected chi connectivity index (χ2v) is 8.75. The van der Waals surface area contributed by atoms with Crippen molar-refractivity contribution < 1.29 is 26.1 Å². The van der Waals surface area contributed by atoms with Crippen molar-refractivity contribution >= 4 is 21.2 Å². The Labute approximate surface area is 162 Å². The van der Waals surface area contributed by atoms with E-state index in [4.69, 9.17) is 0 Å². The summed E-state index contributed by atoms with van der Waals surface area (Å²) in [7, 11) is -4.18. The summed E-state index contributed by atoms with van der Waals surface area (Å²) < 4.78 is 76.2. The van der Waals surface area contributed by atoms with Crippen LogP contribution in [-0.4, -0.2) is 29.1 Å². The summed E-state index contributed by atoms with van der Waals surface area (Å²) in [6, 6.07) is 13.9. The van der Waals surface area contributed by atoms with Gasteiger partial charge in [-0.3, -0.25) is 0 Å². The summed E-state index contributed by atoms with van der Waals surface area (Å²) in [6.45, 7) is 0. The van der Waals surface area contributed by atoms with E-state index in [2.05, 4.69) is 5.10 Å². The van der Waals surface area contributed by atoms with Crippen LogP contribution in [0, 0.1) is 0 Å². The van der Waals surface area contributed by atoms with Crippen molar-refractivity contribution in [3.8, 4) is 11.3 Å². The SMILES string of the molecule is C[S+]([O-])c1cccc(-c2cc(C(F)(F)F)nn2NS(=O)(=O)c2ccccc2)c1. The van der Waals surface area contributed by atoms with Crippen molar-refractivity contribution in [2.45, 2.75) is 16.0 Å². The van der Waals surface area contributed by atoms with Crippen molar-refractivity contribution in [1.29, 1.82) is 0 Å². The Hall–Kier alpha value is -2.50. The predicted octanol–water partition coefficient (Wildman–Crippen LogP) is 3.24. The number of aromatic nitrogens is 2. The highest BCUT2D eigenvalue weighted by atomic mass is 32.2. The largest absolute Gasteiger partial charge is 0.612 e. The van der Waals surface area contributed by atoms with E-state index in [0.717, 1.165) is 6.07 Å². The number of nitrogens with zero attached hydrogens (tertiary/aromatic N) is 2. The molecule has 3 aromatic rings. The predicted molar refractivity (Wildman–Crippen MR) is 98.0 cm³/mol. The molecule has 6 nitrogen and oxygen atoms in total. The third kappa shape index (κ3) is 4.32. The van der Waals surface area contributed by atoms with E-state index >= 15 is 0 Å². The minimum absolute atomic E-state index is 0.131. The van der Waals surface area contributed by atoms with Crippen LogP contribution in [0.25, 0.3) is 11.3 Å². The molecule has 0 spiro atoms. The van der Waals surface area contributed by atoms with Gasteiger partial charge in [-0.25, -0.2) is 0 Å². The molecule has 1 atom stereocenters. The lowest BCUT2D eigenvalue weighted by Gasteiger charge is -2.12. The van der Waals surface area contributed by atoms with E-state index in [9.17, 15) is 26.1 Å². The smallest absolute Gasteiger partial charge is 0.435 e. The van der Waals surface area contributed by atoms with Crippen LogP contribution in [0.2, 0.25) is 0 Å². The topological polar surface area (TPSA) is 87.1 Å². The Bertz CT molecular complexity index is 1080. The molecule has 1 aromatic heterocycles. The zero-order chi connectivity index (χ0) is 20.5. The summed E-state index contributed by atoms with van der Waals surface area (Å²) in [6.07, 6.45) is -3.35. The Morgan fingerprint density at radius 3 is 2.36 bits per heavy atom. The van der Waals surface area contributed by atoms with Gasteiger partial charge in [0, 0.05) is 11.6 Å². The molecular formula is C17H14F3N3O3S2. The van der Waals surface area contributed by atoms with Crippen molar-refractivity contribution in [1.82, 2.24) is 9.89 Å². The number of rotatable bonds is 5. The average molecular weight is 429 g/mol. The van der Waals surface area contributed by atoms with Gasteiger partial charge in [-0.15, -0.1) is 5.10 Å². The third-order valence-electron chi connectivity index (χ3n) is 3.72. The summed E-state index contributed by atoms with van der Waals surface area (Å²) in [5.74, 6) is 0. The highest BCUT2D eigenvalue weighted by Crippen LogP contribution is 2.32. The van der Waals surface area contributed by atoms with Gasteiger partial charge in [0.2, 0.25) is 0 Å². The maximum Gasteiger partial charge on any atom is 0.435 e. The molecule has 1 unspecified atom stereocenters. The molecule has 3 rings (SSSR count). The highest BCUT2D eigenvalue weighted by Gasteiger charge is 2.36. The van der Waals surface area contributed by atoms with Gasteiger partial charge in [-0.05, 0) is 35.4 Å². The van der Waals surface area contributed by atoms with Gasteiger partial charge in [0.25, 0.3) is 10.0 Å². The quantitative estimate of drug-likeness (QED) is 0.631. The van der Waals surface area contributed by atoms with E-state index in [0.29, 0.717) is 9.69 Å². The first-order chi connectivity index (χ1) is 13.1. The molecule has 148 valence electrons. The number of hydrogen-bond acceptors (Lipinski definition) is 4. The van der Waals surface area contributed by atoms with Crippen LogP contribution < -0.4 is 4.83 Å². The van der Waals surface area contributed by atoms with Crippen LogP contribution in [0.1, 0.15) is 5.69 Å². The number of benzene rings is 2. The Morgan fingerprint density at radius 2 is 1.75 bits per heavy atom. The normalized spacial score (nSPS) is 13.3. The molecule has 2 aromatic carbocycles. The van der Waals surface area contributed by atoms with Gasteiger partial charge in [-0.1, -0.05) is 30.3 Å². The number of halogens is 3. The first kappa shape index (κ1) is 20.2. The highest BCUT2D eigenvalue weighted by molar-refractivity contribution is 7.92. The maximum absolute atomic E-state index is 13.2. The monoisotopic (exact) mass is 429 g/mol. The number of nitrogens with one attached hydrogen (secondary N) is 1. The van der Waals surface area contributed by atoms with Gasteiger partial charge in [0.15, 0.2) is 10.6 Å². The molecular weight excluding hydrogens is 415 g/mol. The molecule has 0 saturated carbocycles. The van der Waals surface area contributed by atoms with Crippen LogP contribution in [0.4, 0.5) is 13.2 Å². The summed E-state index contributed by atoms with van der Waals surface area (Å²) in [5.41, 5.74) is -1.17. The Kier molecular flexibility index (Phi) is 5.41. The van der Waals surface area contributed by atoms with Crippen molar-refractivity contribution in [3.05, 3.63) is 66.4 Å². The Balaban J connectivity index is 2.10. The van der Waals surface area contributed by atoms with Crippen LogP contribution in [-0.2, 0) is 27.4 Å². The molecule has 0 bridgehead atoms. The molecule has 0 radical (unpaired) electrons. The number of sulfonamides is 1. The van der Waals surface area contributed by atoms with Crippen LogP contribution in [0.3, 0.4) is 0 Å². The van der Waals surface area contributed by atoms with Crippen molar-refractivity contribution in [3.63, 3.8) is 0 Å². The molecule has 0 aliphatic carbocycles. The van der Waals surface area contributed by atoms with E-state index in [1.54, 1.807) is 12.1 Å². The minimum atomic E-state index is -4.77. The zero-order valence-electron chi connectivity index (χ0n) is 14.3. The van der Waals surface area contributed by atoms with Crippen LogP contribution >= 0.6 is 0 Å². The fraction of sp³-hybridized carbons (Fsp3) is 0.118. The average Bonchev–Trinajstić information content (AvgIpc) is 3.06. The lowest BCUT2D eigenvalue weighted by Crippen LogP contribution is -2.25. The molecule has 0 aliphatic rings. The minimum Gasteiger partial charge on any atom is -0.612 e. The number of alkyl halides is 3. The van der Waals surface area contributed by atoms with Crippen LogP contribution in [0.15, 0.2) is 70.5 Å². The molecule has 1 heterocycles. The lowest BCUT2D eigenvalue weighted by molar-refractivity contribution is -0.141. The molecule has 28 heavy (non-hydrogen) atoms. The van der Waals surface area contributed by atoms with E-state index in [-0.39, 0.29) is 16.2 Å². The van der Waals surface area contributed by atoms with Crippen molar-refractivity contribution in [2.24, 2.45) is 0 Å². The maximum atomic E-state index is 13.2. The van der Waals surface area contributed by atoms with E-state index < -0.39 is 33.1 Å². The van der Waals surface area contributed by atoms with Gasteiger partial charge in [0.1, 0.15) is 6.26 Å². The van der Waals surface area contributed by atoms with E-state index in [1.807, 2.05) is 4.83 Å².